The molecule has 5 heteroatoms. The summed E-state index contributed by atoms with van der Waals surface area (Å²) in [5.74, 6) is 0.522. The number of halogens is 1. The topological polar surface area (TPSA) is 47.9 Å². The van der Waals surface area contributed by atoms with Gasteiger partial charge in [-0.15, -0.1) is 0 Å². The van der Waals surface area contributed by atoms with Gasteiger partial charge in [0.1, 0.15) is 5.52 Å². The largest absolute Gasteiger partial charge is 0.481 e. The van der Waals surface area contributed by atoms with Crippen LogP contribution in [-0.4, -0.2) is 22.1 Å². The Morgan fingerprint density at radius 3 is 2.79 bits per heavy atom. The minimum absolute atomic E-state index is 0.407. The van der Waals surface area contributed by atoms with E-state index in [0.29, 0.717) is 22.2 Å². The van der Waals surface area contributed by atoms with Gasteiger partial charge in [0, 0.05) is 6.07 Å². The van der Waals surface area contributed by atoms with Gasteiger partial charge in [0.15, 0.2) is 5.15 Å². The van der Waals surface area contributed by atoms with E-state index in [-0.39, 0.29) is 0 Å². The molecule has 2 rings (SSSR count). The van der Waals surface area contributed by atoms with Crippen molar-refractivity contribution in [2.45, 2.75) is 6.92 Å². The van der Waals surface area contributed by atoms with Crippen LogP contribution in [0.4, 0.5) is 0 Å². The molecule has 0 aromatic carbocycles. The number of ether oxygens (including phenoxy) is 1. The molecule has 0 amide bonds. The van der Waals surface area contributed by atoms with E-state index < -0.39 is 0 Å². The zero-order valence-corrected chi connectivity index (χ0v) is 8.54. The van der Waals surface area contributed by atoms with Crippen LogP contribution in [0.1, 0.15) is 5.69 Å². The van der Waals surface area contributed by atoms with E-state index in [2.05, 4.69) is 15.0 Å². The summed E-state index contributed by atoms with van der Waals surface area (Å²) in [6, 6.07) is 1.73. The molecule has 14 heavy (non-hydrogen) atoms. The number of fused-ring (bicyclic) bond motifs is 1. The van der Waals surface area contributed by atoms with Gasteiger partial charge in [-0.2, -0.15) is 0 Å². The minimum atomic E-state index is 0.407. The highest BCUT2D eigenvalue weighted by Crippen LogP contribution is 2.18. The van der Waals surface area contributed by atoms with E-state index in [0.717, 1.165) is 5.52 Å². The molecule has 72 valence electrons. The zero-order chi connectivity index (χ0) is 10.1. The summed E-state index contributed by atoms with van der Waals surface area (Å²) in [5.41, 5.74) is 2.10. The third-order valence-corrected chi connectivity index (χ3v) is 2.21. The van der Waals surface area contributed by atoms with Gasteiger partial charge in [-0.25, -0.2) is 15.0 Å². The lowest BCUT2D eigenvalue weighted by Gasteiger charge is -2.02. The summed E-state index contributed by atoms with van der Waals surface area (Å²) in [6.45, 7) is 1.81. The highest BCUT2D eigenvalue weighted by molar-refractivity contribution is 6.30. The number of nitrogens with zero attached hydrogens (tertiary/aromatic N) is 3. The summed E-state index contributed by atoms with van der Waals surface area (Å²) >= 11 is 5.83. The molecule has 0 bridgehead atoms. The van der Waals surface area contributed by atoms with Crippen molar-refractivity contribution in [3.63, 3.8) is 0 Å². The Morgan fingerprint density at radius 1 is 1.29 bits per heavy atom. The number of hydrogen-bond acceptors (Lipinski definition) is 4. The Kier molecular flexibility index (Phi) is 2.21. The first kappa shape index (κ1) is 9.15. The molecule has 2 aromatic heterocycles. The Morgan fingerprint density at radius 2 is 2.07 bits per heavy atom. The van der Waals surface area contributed by atoms with Gasteiger partial charge in [-0.3, -0.25) is 0 Å². The molecule has 0 spiro atoms. The van der Waals surface area contributed by atoms with E-state index >= 15 is 0 Å². The number of methoxy groups -OCH3 is 1. The molecular formula is C9H8ClN3O. The first-order chi connectivity index (χ1) is 6.70. The monoisotopic (exact) mass is 209 g/mol. The zero-order valence-electron chi connectivity index (χ0n) is 7.78. The molecule has 4 nitrogen and oxygen atoms in total. The molecule has 2 aromatic rings. The van der Waals surface area contributed by atoms with Gasteiger partial charge in [0.2, 0.25) is 5.88 Å². The number of pyridine rings is 1. The molecule has 2 heterocycles. The second kappa shape index (κ2) is 3.38. The molecule has 0 atom stereocenters. The molecule has 0 N–H and O–H groups in total. The van der Waals surface area contributed by atoms with Crippen molar-refractivity contribution in [3.05, 3.63) is 23.1 Å². The second-order valence-electron chi connectivity index (χ2n) is 2.82. The first-order valence-electron chi connectivity index (χ1n) is 4.04. The SMILES string of the molecule is COc1cc2nc(C)c(Cl)nc2cn1. The van der Waals surface area contributed by atoms with Crippen molar-refractivity contribution in [1.82, 2.24) is 15.0 Å². The van der Waals surface area contributed by atoms with Crippen molar-refractivity contribution in [2.75, 3.05) is 7.11 Å². The average Bonchev–Trinajstić information content (AvgIpc) is 2.19. The third kappa shape index (κ3) is 1.48. The average molecular weight is 210 g/mol. The lowest BCUT2D eigenvalue weighted by atomic mass is 10.3. The van der Waals surface area contributed by atoms with Crippen LogP contribution in [0.25, 0.3) is 11.0 Å². The predicted octanol–water partition coefficient (Wildman–Crippen LogP) is 2.00. The molecule has 0 aliphatic rings. The van der Waals surface area contributed by atoms with E-state index in [1.165, 1.54) is 0 Å². The van der Waals surface area contributed by atoms with Gasteiger partial charge >= 0.3 is 0 Å². The fourth-order valence-corrected chi connectivity index (χ4v) is 1.25. The van der Waals surface area contributed by atoms with Gasteiger partial charge in [-0.1, -0.05) is 11.6 Å². The smallest absolute Gasteiger partial charge is 0.215 e. The van der Waals surface area contributed by atoms with Crippen LogP contribution in [0.3, 0.4) is 0 Å². The number of aromatic nitrogens is 3. The molecule has 0 fully saturated rings. The molecule has 0 radical (unpaired) electrons. The number of aryl methyl sites for hydroxylation is 1. The fraction of sp³-hybridized carbons (Fsp3) is 0.222. The Balaban J connectivity index is 2.70. The maximum Gasteiger partial charge on any atom is 0.215 e. The summed E-state index contributed by atoms with van der Waals surface area (Å²) in [7, 11) is 1.56. The van der Waals surface area contributed by atoms with Crippen molar-refractivity contribution in [1.29, 1.82) is 0 Å². The lowest BCUT2D eigenvalue weighted by molar-refractivity contribution is 0.398. The van der Waals surface area contributed by atoms with Crippen LogP contribution >= 0.6 is 11.6 Å². The van der Waals surface area contributed by atoms with Crippen LogP contribution < -0.4 is 4.74 Å². The summed E-state index contributed by atoms with van der Waals surface area (Å²) < 4.78 is 4.98. The maximum atomic E-state index is 5.83. The Bertz CT molecular complexity index is 487. The maximum absolute atomic E-state index is 5.83. The molecule has 0 aliphatic carbocycles. The number of rotatable bonds is 1. The van der Waals surface area contributed by atoms with Crippen molar-refractivity contribution in [2.24, 2.45) is 0 Å². The van der Waals surface area contributed by atoms with E-state index in [1.54, 1.807) is 19.4 Å². The van der Waals surface area contributed by atoms with Gasteiger partial charge < -0.3 is 4.74 Å². The van der Waals surface area contributed by atoms with Crippen LogP contribution in [0.15, 0.2) is 12.3 Å². The lowest BCUT2D eigenvalue weighted by Crippen LogP contribution is -1.93. The highest BCUT2D eigenvalue weighted by atomic mass is 35.5. The van der Waals surface area contributed by atoms with Gasteiger partial charge in [0.05, 0.1) is 24.5 Å². The minimum Gasteiger partial charge on any atom is -0.481 e. The summed E-state index contributed by atoms with van der Waals surface area (Å²) in [4.78, 5) is 12.4. The first-order valence-corrected chi connectivity index (χ1v) is 4.42. The normalized spacial score (nSPS) is 10.5. The van der Waals surface area contributed by atoms with Crippen molar-refractivity contribution in [3.8, 4) is 5.88 Å². The van der Waals surface area contributed by atoms with Crippen molar-refractivity contribution < 1.29 is 4.74 Å². The molecule has 0 saturated carbocycles. The highest BCUT2D eigenvalue weighted by Gasteiger charge is 2.04. The van der Waals surface area contributed by atoms with E-state index in [1.807, 2.05) is 6.92 Å². The predicted molar refractivity (Wildman–Crippen MR) is 53.6 cm³/mol. The standard InChI is InChI=1S/C9H8ClN3O/c1-5-9(10)13-7-4-11-8(14-2)3-6(7)12-5/h3-4H,1-2H3. The molecule has 0 unspecified atom stereocenters. The van der Waals surface area contributed by atoms with Crippen LogP contribution in [0.2, 0.25) is 5.15 Å². The van der Waals surface area contributed by atoms with E-state index in [4.69, 9.17) is 16.3 Å². The quantitative estimate of drug-likeness (QED) is 0.721. The Labute approximate surface area is 85.9 Å². The van der Waals surface area contributed by atoms with Gasteiger partial charge in [-0.05, 0) is 6.92 Å². The Hall–Kier alpha value is -1.42. The number of hydrogen-bond donors (Lipinski definition) is 0. The van der Waals surface area contributed by atoms with Crippen LogP contribution in [0, 0.1) is 6.92 Å². The second-order valence-corrected chi connectivity index (χ2v) is 3.17. The molecule has 0 aliphatic heterocycles. The van der Waals surface area contributed by atoms with Crippen LogP contribution in [0.5, 0.6) is 5.88 Å². The summed E-state index contributed by atoms with van der Waals surface area (Å²) in [6.07, 6.45) is 1.59. The fourth-order valence-electron chi connectivity index (χ4n) is 1.12. The molecular weight excluding hydrogens is 202 g/mol. The van der Waals surface area contributed by atoms with Crippen molar-refractivity contribution >= 4 is 22.6 Å². The van der Waals surface area contributed by atoms with Gasteiger partial charge in [0.25, 0.3) is 0 Å². The van der Waals surface area contributed by atoms with Crippen LogP contribution in [-0.2, 0) is 0 Å². The van der Waals surface area contributed by atoms with E-state index in [9.17, 15) is 0 Å². The summed E-state index contributed by atoms with van der Waals surface area (Å²) in [5, 5.41) is 0.407. The third-order valence-electron chi connectivity index (χ3n) is 1.85. The molecule has 0 saturated heterocycles.